The van der Waals surface area contributed by atoms with Crippen molar-refractivity contribution in [1.82, 2.24) is 9.29 Å². The molecule has 1 heterocycles. The van der Waals surface area contributed by atoms with Crippen LogP contribution in [0.1, 0.15) is 24.2 Å². The molecule has 0 saturated heterocycles. The SMILES string of the molecule is CC(C)N(C)S(=O)(=O)c1ccc(C(=O)Nc2nc3ccc4ccccc4c3s2)cc1. The second kappa shape index (κ2) is 7.79. The molecule has 0 aliphatic rings. The van der Waals surface area contributed by atoms with Gasteiger partial charge in [0.15, 0.2) is 5.13 Å². The van der Waals surface area contributed by atoms with E-state index in [1.54, 1.807) is 13.8 Å². The van der Waals surface area contributed by atoms with Gasteiger partial charge in [-0.3, -0.25) is 10.1 Å². The molecule has 0 unspecified atom stereocenters. The first-order chi connectivity index (χ1) is 14.3. The Morgan fingerprint density at radius 3 is 2.43 bits per heavy atom. The number of amides is 1. The van der Waals surface area contributed by atoms with Gasteiger partial charge in [0.05, 0.1) is 15.1 Å². The highest BCUT2D eigenvalue weighted by molar-refractivity contribution is 7.89. The lowest BCUT2D eigenvalue weighted by atomic mass is 10.1. The van der Waals surface area contributed by atoms with Crippen LogP contribution in [0.25, 0.3) is 21.0 Å². The predicted octanol–water partition coefficient (Wildman–Crippen LogP) is 4.73. The van der Waals surface area contributed by atoms with E-state index in [4.69, 9.17) is 0 Å². The summed E-state index contributed by atoms with van der Waals surface area (Å²) in [5.74, 6) is -0.334. The van der Waals surface area contributed by atoms with Gasteiger partial charge >= 0.3 is 0 Å². The van der Waals surface area contributed by atoms with Crippen LogP contribution in [0.4, 0.5) is 5.13 Å². The van der Waals surface area contributed by atoms with Crippen LogP contribution in [0.2, 0.25) is 0 Å². The second-order valence-corrected chi connectivity index (χ2v) is 10.2. The van der Waals surface area contributed by atoms with E-state index >= 15 is 0 Å². The molecular weight excluding hydrogens is 418 g/mol. The fraction of sp³-hybridized carbons (Fsp3) is 0.182. The van der Waals surface area contributed by atoms with Crippen LogP contribution in [0, 0.1) is 0 Å². The Labute approximate surface area is 179 Å². The summed E-state index contributed by atoms with van der Waals surface area (Å²) >= 11 is 1.42. The Morgan fingerprint density at radius 2 is 1.73 bits per heavy atom. The Hall–Kier alpha value is -2.81. The normalized spacial score (nSPS) is 12.2. The van der Waals surface area contributed by atoms with Gasteiger partial charge in [0.25, 0.3) is 5.91 Å². The van der Waals surface area contributed by atoms with Crippen LogP contribution >= 0.6 is 11.3 Å². The summed E-state index contributed by atoms with van der Waals surface area (Å²) in [6, 6.07) is 17.8. The topological polar surface area (TPSA) is 79.4 Å². The summed E-state index contributed by atoms with van der Waals surface area (Å²) in [6.45, 7) is 3.61. The molecule has 6 nitrogen and oxygen atoms in total. The number of anilines is 1. The molecule has 3 aromatic carbocycles. The van der Waals surface area contributed by atoms with E-state index in [1.807, 2.05) is 36.4 Å². The van der Waals surface area contributed by atoms with E-state index in [9.17, 15) is 13.2 Å². The highest BCUT2D eigenvalue weighted by Gasteiger charge is 2.23. The number of hydrogen-bond acceptors (Lipinski definition) is 5. The molecule has 4 rings (SSSR count). The molecule has 30 heavy (non-hydrogen) atoms. The quantitative estimate of drug-likeness (QED) is 0.487. The number of fused-ring (bicyclic) bond motifs is 3. The van der Waals surface area contributed by atoms with E-state index in [-0.39, 0.29) is 16.8 Å². The lowest BCUT2D eigenvalue weighted by Gasteiger charge is -2.20. The number of aromatic nitrogens is 1. The molecule has 1 aromatic heterocycles. The molecule has 0 atom stereocenters. The molecule has 0 spiro atoms. The maximum Gasteiger partial charge on any atom is 0.257 e. The number of rotatable bonds is 5. The van der Waals surface area contributed by atoms with E-state index in [0.29, 0.717) is 10.7 Å². The van der Waals surface area contributed by atoms with Crippen molar-refractivity contribution in [1.29, 1.82) is 0 Å². The van der Waals surface area contributed by atoms with Crippen LogP contribution in [-0.4, -0.2) is 36.7 Å². The molecule has 0 saturated carbocycles. The molecular formula is C22H21N3O3S2. The Bertz CT molecular complexity index is 1340. The van der Waals surface area contributed by atoms with Crippen molar-refractivity contribution in [3.63, 3.8) is 0 Å². The first kappa shape index (κ1) is 20.5. The van der Waals surface area contributed by atoms with E-state index in [2.05, 4.69) is 10.3 Å². The third kappa shape index (κ3) is 3.69. The molecule has 1 N–H and O–H groups in total. The van der Waals surface area contributed by atoms with Crippen molar-refractivity contribution in [2.75, 3.05) is 12.4 Å². The van der Waals surface area contributed by atoms with Gasteiger partial charge in [-0.05, 0) is 49.6 Å². The van der Waals surface area contributed by atoms with Crippen molar-refractivity contribution >= 4 is 53.4 Å². The van der Waals surface area contributed by atoms with E-state index in [0.717, 1.165) is 21.0 Å². The number of carbonyl (C=O) groups excluding carboxylic acids is 1. The first-order valence-corrected chi connectivity index (χ1v) is 11.7. The summed E-state index contributed by atoms with van der Waals surface area (Å²) < 4.78 is 27.5. The number of nitrogens with one attached hydrogen (secondary N) is 1. The van der Waals surface area contributed by atoms with Crippen molar-refractivity contribution in [2.45, 2.75) is 24.8 Å². The largest absolute Gasteiger partial charge is 0.298 e. The van der Waals surface area contributed by atoms with Gasteiger partial charge in [0.2, 0.25) is 10.0 Å². The number of carbonyl (C=O) groups is 1. The van der Waals surface area contributed by atoms with Gasteiger partial charge in [-0.25, -0.2) is 13.4 Å². The molecule has 1 amide bonds. The molecule has 0 aliphatic heterocycles. The zero-order chi connectivity index (χ0) is 21.5. The fourth-order valence-corrected chi connectivity index (χ4v) is 5.46. The molecule has 0 fully saturated rings. The number of benzene rings is 3. The average Bonchev–Trinajstić information content (AvgIpc) is 3.16. The van der Waals surface area contributed by atoms with Gasteiger partial charge in [-0.2, -0.15) is 4.31 Å². The van der Waals surface area contributed by atoms with Crippen LogP contribution in [0.3, 0.4) is 0 Å². The summed E-state index contributed by atoms with van der Waals surface area (Å²) in [5, 5.41) is 5.54. The van der Waals surface area contributed by atoms with E-state index in [1.165, 1.54) is 47.0 Å². The summed E-state index contributed by atoms with van der Waals surface area (Å²) in [5.41, 5.74) is 1.19. The van der Waals surface area contributed by atoms with Gasteiger partial charge in [-0.1, -0.05) is 41.7 Å². The van der Waals surface area contributed by atoms with Crippen LogP contribution in [-0.2, 0) is 10.0 Å². The molecule has 154 valence electrons. The fourth-order valence-electron chi connectivity index (χ4n) is 3.10. The zero-order valence-corrected chi connectivity index (χ0v) is 18.4. The Morgan fingerprint density at radius 1 is 1.03 bits per heavy atom. The average molecular weight is 440 g/mol. The molecule has 0 bridgehead atoms. The zero-order valence-electron chi connectivity index (χ0n) is 16.8. The minimum atomic E-state index is -3.59. The Balaban J connectivity index is 1.58. The number of nitrogens with zero attached hydrogens (tertiary/aromatic N) is 2. The third-order valence-electron chi connectivity index (χ3n) is 5.02. The lowest BCUT2D eigenvalue weighted by Crippen LogP contribution is -2.33. The van der Waals surface area contributed by atoms with Crippen LogP contribution in [0.15, 0.2) is 65.6 Å². The van der Waals surface area contributed by atoms with Crippen LogP contribution < -0.4 is 5.32 Å². The van der Waals surface area contributed by atoms with Gasteiger partial charge < -0.3 is 0 Å². The van der Waals surface area contributed by atoms with Gasteiger partial charge in [0.1, 0.15) is 0 Å². The third-order valence-corrected chi connectivity index (χ3v) is 8.09. The minimum Gasteiger partial charge on any atom is -0.298 e. The second-order valence-electron chi connectivity index (χ2n) is 7.25. The van der Waals surface area contributed by atoms with E-state index < -0.39 is 10.0 Å². The molecule has 8 heteroatoms. The van der Waals surface area contributed by atoms with Gasteiger partial charge in [-0.15, -0.1) is 0 Å². The molecule has 0 aliphatic carbocycles. The summed E-state index contributed by atoms with van der Waals surface area (Å²) in [4.78, 5) is 17.3. The standard InChI is InChI=1S/C22H21N3O3S2/c1-14(2)25(3)30(27,28)17-11-8-16(9-12-17)21(26)24-22-23-19-13-10-15-6-4-5-7-18(15)20(19)29-22/h4-14H,1-3H3,(H,23,24,26). The molecule has 4 aromatic rings. The Kier molecular flexibility index (Phi) is 5.31. The first-order valence-electron chi connectivity index (χ1n) is 9.45. The molecule has 0 radical (unpaired) electrons. The lowest BCUT2D eigenvalue weighted by molar-refractivity contribution is 0.102. The van der Waals surface area contributed by atoms with Crippen molar-refractivity contribution in [2.24, 2.45) is 0 Å². The van der Waals surface area contributed by atoms with Crippen molar-refractivity contribution in [3.8, 4) is 0 Å². The predicted molar refractivity (Wildman–Crippen MR) is 122 cm³/mol. The van der Waals surface area contributed by atoms with Crippen molar-refractivity contribution < 1.29 is 13.2 Å². The monoisotopic (exact) mass is 439 g/mol. The maximum absolute atomic E-state index is 12.7. The minimum absolute atomic E-state index is 0.154. The maximum atomic E-state index is 12.7. The highest BCUT2D eigenvalue weighted by atomic mass is 32.2. The number of hydrogen-bond donors (Lipinski definition) is 1. The highest BCUT2D eigenvalue weighted by Crippen LogP contribution is 2.32. The number of sulfonamides is 1. The van der Waals surface area contributed by atoms with Crippen molar-refractivity contribution in [3.05, 3.63) is 66.2 Å². The number of thiazole rings is 1. The summed E-state index contributed by atoms with van der Waals surface area (Å²) in [6.07, 6.45) is 0. The summed E-state index contributed by atoms with van der Waals surface area (Å²) in [7, 11) is -2.05. The van der Waals surface area contributed by atoms with Crippen LogP contribution in [0.5, 0.6) is 0 Å². The van der Waals surface area contributed by atoms with Gasteiger partial charge in [0, 0.05) is 24.0 Å². The smallest absolute Gasteiger partial charge is 0.257 e.